The van der Waals surface area contributed by atoms with Crippen molar-refractivity contribution in [1.29, 1.82) is 0 Å². The number of halogens is 1. The van der Waals surface area contributed by atoms with Gasteiger partial charge in [0.25, 0.3) is 0 Å². The molecule has 0 bridgehead atoms. The molecule has 1 aliphatic heterocycles. The molecule has 1 aromatic rings. The first-order valence-electron chi connectivity index (χ1n) is 4.17. The van der Waals surface area contributed by atoms with Crippen LogP contribution in [-0.2, 0) is 6.42 Å². The molecule has 0 aliphatic carbocycles. The van der Waals surface area contributed by atoms with Gasteiger partial charge < -0.3 is 4.74 Å². The second-order valence-electron chi connectivity index (χ2n) is 3.22. The lowest BCUT2D eigenvalue weighted by atomic mass is 10.2. The van der Waals surface area contributed by atoms with Gasteiger partial charge in [0.1, 0.15) is 5.75 Å². The molecular formula is C9H11BrO3S. The van der Waals surface area contributed by atoms with Gasteiger partial charge in [-0.3, -0.25) is 9.11 Å². The van der Waals surface area contributed by atoms with Crippen molar-refractivity contribution < 1.29 is 13.8 Å². The zero-order valence-corrected chi connectivity index (χ0v) is 10.1. The van der Waals surface area contributed by atoms with E-state index in [9.17, 15) is 9.11 Å². The Bertz CT molecular complexity index is 379. The molecule has 0 atom stereocenters. The molecule has 2 N–H and O–H groups in total. The molecule has 14 heavy (non-hydrogen) atoms. The quantitative estimate of drug-likeness (QED) is 0.830. The Morgan fingerprint density at radius 2 is 2.14 bits per heavy atom. The molecule has 0 unspecified atom stereocenters. The minimum atomic E-state index is -2.56. The third-order valence-electron chi connectivity index (χ3n) is 2.34. The van der Waals surface area contributed by atoms with Crippen molar-refractivity contribution in [3.05, 3.63) is 22.2 Å². The number of methoxy groups -OCH3 is 1. The first kappa shape index (κ1) is 10.3. The highest BCUT2D eigenvalue weighted by Crippen LogP contribution is 2.56. The Hall–Kier alpha value is -0.230. The first-order chi connectivity index (χ1) is 6.54. The van der Waals surface area contributed by atoms with Gasteiger partial charge in [-0.2, -0.15) is 10.6 Å². The average molecular weight is 279 g/mol. The lowest BCUT2D eigenvalue weighted by Crippen LogP contribution is -1.96. The minimum Gasteiger partial charge on any atom is -0.496 e. The van der Waals surface area contributed by atoms with E-state index in [1.807, 2.05) is 6.07 Å². The van der Waals surface area contributed by atoms with Crippen LogP contribution < -0.4 is 4.74 Å². The average Bonchev–Trinajstić information content (AvgIpc) is 2.41. The van der Waals surface area contributed by atoms with Crippen molar-refractivity contribution in [2.24, 2.45) is 0 Å². The molecule has 0 fully saturated rings. The number of benzene rings is 1. The normalized spacial score (nSPS) is 20.3. The van der Waals surface area contributed by atoms with Gasteiger partial charge in [-0.15, -0.1) is 0 Å². The van der Waals surface area contributed by atoms with E-state index in [0.29, 0.717) is 16.4 Å². The van der Waals surface area contributed by atoms with Gasteiger partial charge in [0.05, 0.1) is 16.5 Å². The van der Waals surface area contributed by atoms with Crippen LogP contribution in [0.4, 0.5) is 0 Å². The van der Waals surface area contributed by atoms with Gasteiger partial charge >= 0.3 is 0 Å². The highest BCUT2D eigenvalue weighted by atomic mass is 79.9. The molecule has 0 aromatic heterocycles. The lowest BCUT2D eigenvalue weighted by Gasteiger charge is -2.27. The Kier molecular flexibility index (Phi) is 2.51. The van der Waals surface area contributed by atoms with E-state index in [0.717, 1.165) is 16.5 Å². The van der Waals surface area contributed by atoms with E-state index in [1.165, 1.54) is 0 Å². The summed E-state index contributed by atoms with van der Waals surface area (Å²) in [4.78, 5) is 0.637. The largest absolute Gasteiger partial charge is 0.496 e. The van der Waals surface area contributed by atoms with Crippen LogP contribution in [0.2, 0.25) is 0 Å². The fourth-order valence-electron chi connectivity index (χ4n) is 1.59. The first-order valence-corrected chi connectivity index (χ1v) is 6.68. The molecule has 5 heteroatoms. The maximum absolute atomic E-state index is 9.73. The molecule has 0 radical (unpaired) electrons. The van der Waals surface area contributed by atoms with Crippen LogP contribution in [-0.4, -0.2) is 22.0 Å². The molecule has 1 heterocycles. The Labute approximate surface area is 92.6 Å². The van der Waals surface area contributed by atoms with Crippen molar-refractivity contribution >= 4 is 26.5 Å². The molecule has 0 saturated carbocycles. The summed E-state index contributed by atoms with van der Waals surface area (Å²) in [6.45, 7) is 0. The molecule has 3 nitrogen and oxygen atoms in total. The summed E-state index contributed by atoms with van der Waals surface area (Å²) in [5.74, 6) is 1.08. The van der Waals surface area contributed by atoms with E-state index in [1.54, 1.807) is 13.2 Å². The summed E-state index contributed by atoms with van der Waals surface area (Å²) < 4.78 is 25.4. The van der Waals surface area contributed by atoms with E-state index in [4.69, 9.17) is 4.74 Å². The Morgan fingerprint density at radius 3 is 2.79 bits per heavy atom. The van der Waals surface area contributed by atoms with Crippen molar-refractivity contribution in [2.45, 2.75) is 11.3 Å². The van der Waals surface area contributed by atoms with Crippen LogP contribution in [0.1, 0.15) is 5.56 Å². The monoisotopic (exact) mass is 278 g/mol. The predicted octanol–water partition coefficient (Wildman–Crippen LogP) is 3.12. The molecular weight excluding hydrogens is 268 g/mol. The van der Waals surface area contributed by atoms with E-state index in [2.05, 4.69) is 15.9 Å². The highest BCUT2D eigenvalue weighted by Gasteiger charge is 2.28. The highest BCUT2D eigenvalue weighted by molar-refractivity contribution is 9.10. The number of fused-ring (bicyclic) bond motifs is 1. The van der Waals surface area contributed by atoms with Gasteiger partial charge in [0, 0.05) is 11.8 Å². The van der Waals surface area contributed by atoms with Gasteiger partial charge in [-0.1, -0.05) is 0 Å². The molecule has 2 rings (SSSR count). The molecule has 0 amide bonds. The number of rotatable bonds is 1. The Morgan fingerprint density at radius 1 is 1.43 bits per heavy atom. The van der Waals surface area contributed by atoms with Crippen molar-refractivity contribution in [2.75, 3.05) is 12.9 Å². The summed E-state index contributed by atoms with van der Waals surface area (Å²) in [5.41, 5.74) is 0.998. The number of hydrogen-bond acceptors (Lipinski definition) is 3. The maximum atomic E-state index is 9.73. The van der Waals surface area contributed by atoms with E-state index in [-0.39, 0.29) is 0 Å². The smallest absolute Gasteiger partial charge is 0.134 e. The van der Waals surface area contributed by atoms with Crippen molar-refractivity contribution in [3.63, 3.8) is 0 Å². The second-order valence-corrected chi connectivity index (χ2v) is 6.25. The predicted molar refractivity (Wildman–Crippen MR) is 60.4 cm³/mol. The third kappa shape index (κ3) is 1.54. The van der Waals surface area contributed by atoms with Crippen LogP contribution in [0.15, 0.2) is 21.5 Å². The van der Waals surface area contributed by atoms with Gasteiger partial charge in [-0.05, 0) is 34.0 Å². The SMILES string of the molecule is COc1cc2c(cc1Br)CCS2(O)O. The van der Waals surface area contributed by atoms with Gasteiger partial charge in [-0.25, -0.2) is 0 Å². The van der Waals surface area contributed by atoms with Crippen LogP contribution in [0.25, 0.3) is 0 Å². The molecule has 1 aromatic carbocycles. The minimum absolute atomic E-state index is 0.432. The summed E-state index contributed by atoms with van der Waals surface area (Å²) in [6.07, 6.45) is 0.722. The Balaban J connectivity index is 2.56. The zero-order chi connectivity index (χ0) is 10.3. The van der Waals surface area contributed by atoms with E-state index < -0.39 is 10.6 Å². The van der Waals surface area contributed by atoms with Crippen molar-refractivity contribution in [3.8, 4) is 5.75 Å². The van der Waals surface area contributed by atoms with Crippen LogP contribution in [0.3, 0.4) is 0 Å². The summed E-state index contributed by atoms with van der Waals surface area (Å²) in [5, 5.41) is 0. The summed E-state index contributed by atoms with van der Waals surface area (Å²) in [6, 6.07) is 3.61. The number of hydrogen-bond donors (Lipinski definition) is 2. The van der Waals surface area contributed by atoms with Gasteiger partial charge in [0.15, 0.2) is 0 Å². The molecule has 0 spiro atoms. The zero-order valence-electron chi connectivity index (χ0n) is 7.66. The lowest BCUT2D eigenvalue weighted by molar-refractivity contribution is 0.410. The molecule has 1 aliphatic rings. The summed E-state index contributed by atoms with van der Waals surface area (Å²) >= 11 is 3.37. The number of aryl methyl sites for hydroxylation is 1. The summed E-state index contributed by atoms with van der Waals surface area (Å²) in [7, 11) is -0.993. The second kappa shape index (κ2) is 3.41. The number of ether oxygens (including phenoxy) is 1. The third-order valence-corrected chi connectivity index (χ3v) is 4.82. The fraction of sp³-hybridized carbons (Fsp3) is 0.333. The van der Waals surface area contributed by atoms with E-state index >= 15 is 0 Å². The van der Waals surface area contributed by atoms with Gasteiger partial charge in [0.2, 0.25) is 0 Å². The van der Waals surface area contributed by atoms with Crippen LogP contribution in [0.5, 0.6) is 5.75 Å². The fourth-order valence-corrected chi connectivity index (χ4v) is 3.75. The van der Waals surface area contributed by atoms with Crippen LogP contribution >= 0.6 is 26.5 Å². The standard InChI is InChI=1S/C9H11BrO3S/c1-13-8-5-9-6(4-7(8)10)2-3-14(9,11)12/h4-5,11-12H,2-3H2,1H3. The molecule has 0 saturated heterocycles. The topological polar surface area (TPSA) is 49.7 Å². The maximum Gasteiger partial charge on any atom is 0.134 e. The van der Waals surface area contributed by atoms with Crippen molar-refractivity contribution in [1.82, 2.24) is 0 Å². The van der Waals surface area contributed by atoms with Crippen LogP contribution in [0, 0.1) is 0 Å². The molecule has 78 valence electrons.